The number of rotatable bonds is 1. The number of ether oxygens (including phenoxy) is 1. The van der Waals surface area contributed by atoms with E-state index in [1.807, 2.05) is 0 Å². The lowest BCUT2D eigenvalue weighted by molar-refractivity contribution is 0.0608. The highest BCUT2D eigenvalue weighted by atomic mass is 32.2. The molecule has 0 aromatic carbocycles. The van der Waals surface area contributed by atoms with Crippen molar-refractivity contribution in [2.75, 3.05) is 6.26 Å². The third-order valence-corrected chi connectivity index (χ3v) is 2.88. The molecule has 0 aromatic heterocycles. The molecule has 70 valence electrons. The predicted molar refractivity (Wildman–Crippen MR) is 51.4 cm³/mol. The van der Waals surface area contributed by atoms with E-state index in [9.17, 15) is 4.79 Å². The van der Waals surface area contributed by atoms with E-state index in [0.29, 0.717) is 5.92 Å². The summed E-state index contributed by atoms with van der Waals surface area (Å²) >= 11 is 1.16. The fourth-order valence-corrected chi connectivity index (χ4v) is 1.85. The molecule has 0 aliphatic heterocycles. The highest BCUT2D eigenvalue weighted by molar-refractivity contribution is 8.12. The minimum Gasteiger partial charge on any atom is -0.454 e. The average Bonchev–Trinajstić information content (AvgIpc) is 2.09. The number of carbonyl (C=O) groups excluding carboxylic acids is 1. The van der Waals surface area contributed by atoms with Gasteiger partial charge in [-0.05, 0) is 43.2 Å². The van der Waals surface area contributed by atoms with Crippen molar-refractivity contribution in [1.29, 1.82) is 0 Å². The topological polar surface area (TPSA) is 26.3 Å². The Hall–Kier alpha value is -0.180. The van der Waals surface area contributed by atoms with E-state index in [0.717, 1.165) is 18.2 Å². The zero-order valence-electron chi connectivity index (χ0n) is 7.71. The molecule has 2 unspecified atom stereocenters. The summed E-state index contributed by atoms with van der Waals surface area (Å²) in [6.07, 6.45) is 6.68. The summed E-state index contributed by atoms with van der Waals surface area (Å²) in [6.45, 7) is 2.16. The van der Waals surface area contributed by atoms with Gasteiger partial charge in [-0.3, -0.25) is 0 Å². The van der Waals surface area contributed by atoms with Crippen LogP contribution in [0.1, 0.15) is 32.6 Å². The lowest BCUT2D eigenvalue weighted by atomic mass is 9.88. The standard InChI is InChI=1S/C9H16O2S/c1-7-5-3-4-6-8(7)11-9(10)12-2/h7-8H,3-6H2,1-2H3. The van der Waals surface area contributed by atoms with Crippen LogP contribution < -0.4 is 0 Å². The highest BCUT2D eigenvalue weighted by Crippen LogP contribution is 2.27. The van der Waals surface area contributed by atoms with Crippen LogP contribution in [0.4, 0.5) is 4.79 Å². The second-order valence-electron chi connectivity index (χ2n) is 3.37. The molecule has 2 nitrogen and oxygen atoms in total. The van der Waals surface area contributed by atoms with Crippen molar-refractivity contribution < 1.29 is 9.53 Å². The fourth-order valence-electron chi connectivity index (χ4n) is 1.63. The summed E-state index contributed by atoms with van der Waals surface area (Å²) in [5, 5.41) is -0.131. The minimum atomic E-state index is -0.131. The molecular formula is C9H16O2S. The van der Waals surface area contributed by atoms with Gasteiger partial charge in [0.1, 0.15) is 6.10 Å². The van der Waals surface area contributed by atoms with Crippen molar-refractivity contribution >= 4 is 17.1 Å². The van der Waals surface area contributed by atoms with Crippen molar-refractivity contribution in [2.45, 2.75) is 38.7 Å². The Morgan fingerprint density at radius 3 is 2.67 bits per heavy atom. The van der Waals surface area contributed by atoms with Gasteiger partial charge in [-0.25, -0.2) is 4.79 Å². The van der Waals surface area contributed by atoms with Crippen molar-refractivity contribution in [3.8, 4) is 0 Å². The van der Waals surface area contributed by atoms with Crippen LogP contribution in [0.3, 0.4) is 0 Å². The molecule has 0 amide bonds. The summed E-state index contributed by atoms with van der Waals surface area (Å²) in [5.74, 6) is 0.551. The molecular weight excluding hydrogens is 172 g/mol. The normalized spacial score (nSPS) is 29.8. The van der Waals surface area contributed by atoms with Gasteiger partial charge in [0.2, 0.25) is 0 Å². The Morgan fingerprint density at radius 2 is 2.08 bits per heavy atom. The molecule has 2 atom stereocenters. The summed E-state index contributed by atoms with van der Waals surface area (Å²) in [5.41, 5.74) is 0. The number of hydrogen-bond donors (Lipinski definition) is 0. The van der Waals surface area contributed by atoms with E-state index < -0.39 is 0 Å². The van der Waals surface area contributed by atoms with Gasteiger partial charge in [0.15, 0.2) is 0 Å². The lowest BCUT2D eigenvalue weighted by Gasteiger charge is -2.27. The number of carbonyl (C=O) groups is 1. The Labute approximate surface area is 78.1 Å². The lowest BCUT2D eigenvalue weighted by Crippen LogP contribution is -2.26. The van der Waals surface area contributed by atoms with Crippen LogP contribution in [0.25, 0.3) is 0 Å². The fraction of sp³-hybridized carbons (Fsp3) is 0.889. The molecule has 12 heavy (non-hydrogen) atoms. The molecule has 1 aliphatic carbocycles. The molecule has 1 aliphatic rings. The van der Waals surface area contributed by atoms with Gasteiger partial charge >= 0.3 is 5.30 Å². The summed E-state index contributed by atoms with van der Waals surface area (Å²) < 4.78 is 5.28. The molecule has 3 heteroatoms. The van der Waals surface area contributed by atoms with Gasteiger partial charge in [0.05, 0.1) is 0 Å². The zero-order valence-corrected chi connectivity index (χ0v) is 8.52. The Balaban J connectivity index is 2.33. The van der Waals surface area contributed by atoms with Crippen LogP contribution in [-0.2, 0) is 4.74 Å². The van der Waals surface area contributed by atoms with E-state index in [4.69, 9.17) is 4.74 Å². The third-order valence-electron chi connectivity index (χ3n) is 2.45. The molecule has 1 fully saturated rings. The smallest absolute Gasteiger partial charge is 0.367 e. The predicted octanol–water partition coefficient (Wildman–Crippen LogP) is 3.06. The van der Waals surface area contributed by atoms with Gasteiger partial charge in [-0.2, -0.15) is 0 Å². The number of thioether (sulfide) groups is 1. The van der Waals surface area contributed by atoms with Crippen LogP contribution in [0.15, 0.2) is 0 Å². The van der Waals surface area contributed by atoms with E-state index in [-0.39, 0.29) is 11.4 Å². The second-order valence-corrected chi connectivity index (χ2v) is 4.11. The van der Waals surface area contributed by atoms with Gasteiger partial charge in [0, 0.05) is 0 Å². The molecule has 1 saturated carbocycles. The first-order valence-electron chi connectivity index (χ1n) is 4.48. The van der Waals surface area contributed by atoms with Gasteiger partial charge in [0.25, 0.3) is 0 Å². The SMILES string of the molecule is CSC(=O)OC1CCCCC1C. The van der Waals surface area contributed by atoms with Crippen molar-refractivity contribution in [2.24, 2.45) is 5.92 Å². The second kappa shape index (κ2) is 4.75. The number of hydrogen-bond acceptors (Lipinski definition) is 3. The van der Waals surface area contributed by atoms with Crippen molar-refractivity contribution in [1.82, 2.24) is 0 Å². The van der Waals surface area contributed by atoms with Crippen LogP contribution in [0.2, 0.25) is 0 Å². The summed E-state index contributed by atoms with van der Waals surface area (Å²) in [4.78, 5) is 11.0. The molecule has 0 aromatic rings. The van der Waals surface area contributed by atoms with Crippen LogP contribution in [0.5, 0.6) is 0 Å². The first-order valence-corrected chi connectivity index (χ1v) is 5.71. The average molecular weight is 188 g/mol. The minimum absolute atomic E-state index is 0.131. The van der Waals surface area contributed by atoms with Gasteiger partial charge in [-0.15, -0.1) is 0 Å². The molecule has 0 radical (unpaired) electrons. The van der Waals surface area contributed by atoms with Gasteiger partial charge in [-0.1, -0.05) is 13.3 Å². The van der Waals surface area contributed by atoms with E-state index in [1.165, 1.54) is 19.3 Å². The Kier molecular flexibility index (Phi) is 3.92. The third kappa shape index (κ3) is 2.70. The molecule has 0 spiro atoms. The van der Waals surface area contributed by atoms with Crippen LogP contribution in [0, 0.1) is 5.92 Å². The highest BCUT2D eigenvalue weighted by Gasteiger charge is 2.24. The molecule has 0 saturated heterocycles. The maximum atomic E-state index is 11.0. The van der Waals surface area contributed by atoms with E-state index >= 15 is 0 Å². The maximum Gasteiger partial charge on any atom is 0.367 e. The molecule has 0 heterocycles. The first-order chi connectivity index (χ1) is 5.74. The molecule has 0 N–H and O–H groups in total. The summed E-state index contributed by atoms with van der Waals surface area (Å²) in [6, 6.07) is 0. The van der Waals surface area contributed by atoms with Crippen LogP contribution in [-0.4, -0.2) is 17.7 Å². The zero-order chi connectivity index (χ0) is 8.97. The maximum absolute atomic E-state index is 11.0. The van der Waals surface area contributed by atoms with Gasteiger partial charge < -0.3 is 4.74 Å². The van der Waals surface area contributed by atoms with Crippen LogP contribution >= 0.6 is 11.8 Å². The van der Waals surface area contributed by atoms with Crippen molar-refractivity contribution in [3.63, 3.8) is 0 Å². The van der Waals surface area contributed by atoms with E-state index in [2.05, 4.69) is 6.92 Å². The first kappa shape index (κ1) is 9.90. The monoisotopic (exact) mass is 188 g/mol. The summed E-state index contributed by atoms with van der Waals surface area (Å²) in [7, 11) is 0. The van der Waals surface area contributed by atoms with E-state index in [1.54, 1.807) is 6.26 Å². The van der Waals surface area contributed by atoms with Crippen molar-refractivity contribution in [3.05, 3.63) is 0 Å². The Morgan fingerprint density at radius 1 is 1.42 bits per heavy atom. The molecule has 1 rings (SSSR count). The largest absolute Gasteiger partial charge is 0.454 e. The molecule has 0 bridgehead atoms. The quantitative estimate of drug-likeness (QED) is 0.591. The Bertz CT molecular complexity index is 159.